The molecule has 0 atom stereocenters. The van der Waals surface area contributed by atoms with E-state index in [1.54, 1.807) is 0 Å². The fourth-order valence-electron chi connectivity index (χ4n) is 2.15. The Bertz CT molecular complexity index is 828. The van der Waals surface area contributed by atoms with E-state index in [-0.39, 0.29) is 6.61 Å². The highest BCUT2D eigenvalue weighted by molar-refractivity contribution is 7.98. The van der Waals surface area contributed by atoms with Gasteiger partial charge >= 0.3 is 0 Å². The molecule has 0 amide bonds. The van der Waals surface area contributed by atoms with Gasteiger partial charge in [-0.2, -0.15) is 0 Å². The van der Waals surface area contributed by atoms with E-state index in [2.05, 4.69) is 20.4 Å². The zero-order valence-corrected chi connectivity index (χ0v) is 14.0. The normalized spacial score (nSPS) is 14.0. The molecule has 1 fully saturated rings. The smallest absolute Gasteiger partial charge is 0.277 e. The van der Waals surface area contributed by atoms with Crippen LogP contribution in [-0.4, -0.2) is 20.4 Å². The first-order valence-electron chi connectivity index (χ1n) is 7.73. The molecular formula is C16H16N4O3S. The van der Waals surface area contributed by atoms with Crippen LogP contribution in [0.15, 0.2) is 38.3 Å². The monoisotopic (exact) mass is 344 g/mol. The molecule has 0 saturated heterocycles. The third-order valence-electron chi connectivity index (χ3n) is 3.53. The van der Waals surface area contributed by atoms with Crippen LogP contribution in [0.2, 0.25) is 0 Å². The van der Waals surface area contributed by atoms with Crippen LogP contribution in [0.25, 0.3) is 0 Å². The van der Waals surface area contributed by atoms with Crippen molar-refractivity contribution in [3.63, 3.8) is 0 Å². The van der Waals surface area contributed by atoms with Gasteiger partial charge in [0.05, 0.1) is 5.75 Å². The van der Waals surface area contributed by atoms with Crippen molar-refractivity contribution in [2.75, 3.05) is 0 Å². The highest BCUT2D eigenvalue weighted by atomic mass is 32.2. The molecule has 0 radical (unpaired) electrons. The van der Waals surface area contributed by atoms with E-state index in [4.69, 9.17) is 13.6 Å². The molecule has 4 rings (SSSR count). The summed E-state index contributed by atoms with van der Waals surface area (Å²) in [4.78, 5) is 0. The van der Waals surface area contributed by atoms with Crippen LogP contribution < -0.4 is 4.74 Å². The molecule has 2 aromatic heterocycles. The molecule has 24 heavy (non-hydrogen) atoms. The van der Waals surface area contributed by atoms with E-state index in [0.29, 0.717) is 28.7 Å². The molecule has 0 bridgehead atoms. The lowest BCUT2D eigenvalue weighted by Crippen LogP contribution is -1.95. The SMILES string of the molecule is Cc1cccc(OCc2nnc(SCc3nnc(C4CC4)o3)o2)c1. The maximum atomic E-state index is 5.64. The third kappa shape index (κ3) is 3.76. The standard InChI is InChI=1S/C16H16N4O3S/c1-10-3-2-4-12(7-10)21-8-13-17-20-16(23-13)24-9-14-18-19-15(22-14)11-5-6-11/h2-4,7,11H,5-6,8-9H2,1H3. The maximum absolute atomic E-state index is 5.64. The van der Waals surface area contributed by atoms with Gasteiger partial charge in [0, 0.05) is 5.92 Å². The van der Waals surface area contributed by atoms with Crippen molar-refractivity contribution in [3.8, 4) is 5.75 Å². The van der Waals surface area contributed by atoms with Gasteiger partial charge in [0.25, 0.3) is 11.1 Å². The Hall–Kier alpha value is -2.35. The van der Waals surface area contributed by atoms with Crippen molar-refractivity contribution in [1.82, 2.24) is 20.4 Å². The minimum Gasteiger partial charge on any atom is -0.484 e. The van der Waals surface area contributed by atoms with Gasteiger partial charge in [-0.3, -0.25) is 0 Å². The highest BCUT2D eigenvalue weighted by Gasteiger charge is 2.29. The van der Waals surface area contributed by atoms with Gasteiger partial charge in [-0.05, 0) is 37.5 Å². The molecule has 1 aliphatic rings. The fraction of sp³-hybridized carbons (Fsp3) is 0.375. The quantitative estimate of drug-likeness (QED) is 0.602. The van der Waals surface area contributed by atoms with Crippen molar-refractivity contribution >= 4 is 11.8 Å². The number of rotatable bonds is 7. The summed E-state index contributed by atoms with van der Waals surface area (Å²) in [7, 11) is 0. The number of nitrogens with zero attached hydrogens (tertiary/aromatic N) is 4. The number of thioether (sulfide) groups is 1. The zero-order valence-electron chi connectivity index (χ0n) is 13.1. The first-order valence-corrected chi connectivity index (χ1v) is 8.72. The van der Waals surface area contributed by atoms with Gasteiger partial charge < -0.3 is 13.6 Å². The van der Waals surface area contributed by atoms with E-state index < -0.39 is 0 Å². The zero-order chi connectivity index (χ0) is 16.4. The fourth-order valence-corrected chi connectivity index (χ4v) is 2.77. The second kappa shape index (κ2) is 6.64. The van der Waals surface area contributed by atoms with Crippen LogP contribution in [0.3, 0.4) is 0 Å². The molecule has 0 spiro atoms. The molecule has 0 unspecified atom stereocenters. The lowest BCUT2D eigenvalue weighted by molar-refractivity contribution is 0.252. The summed E-state index contributed by atoms with van der Waals surface area (Å²) in [5.41, 5.74) is 1.14. The Labute approximate surface area is 142 Å². The van der Waals surface area contributed by atoms with Crippen molar-refractivity contribution in [3.05, 3.63) is 47.5 Å². The highest BCUT2D eigenvalue weighted by Crippen LogP contribution is 2.39. The summed E-state index contributed by atoms with van der Waals surface area (Å²) >= 11 is 1.37. The average Bonchev–Trinajstić information content (AvgIpc) is 3.15. The van der Waals surface area contributed by atoms with E-state index in [9.17, 15) is 0 Å². The summed E-state index contributed by atoms with van der Waals surface area (Å²) < 4.78 is 16.8. The summed E-state index contributed by atoms with van der Waals surface area (Å²) in [6.07, 6.45) is 2.28. The number of ether oxygens (including phenoxy) is 1. The van der Waals surface area contributed by atoms with E-state index in [0.717, 1.165) is 30.0 Å². The van der Waals surface area contributed by atoms with Gasteiger partial charge in [-0.1, -0.05) is 23.9 Å². The summed E-state index contributed by atoms with van der Waals surface area (Å²) in [6, 6.07) is 7.81. The third-order valence-corrected chi connectivity index (χ3v) is 4.33. The second-order valence-electron chi connectivity index (χ2n) is 5.66. The first kappa shape index (κ1) is 15.2. The molecule has 0 aliphatic heterocycles. The Morgan fingerprint density at radius 3 is 2.83 bits per heavy atom. The molecular weight excluding hydrogens is 328 g/mol. The molecule has 7 nitrogen and oxygen atoms in total. The first-order chi connectivity index (χ1) is 11.8. The predicted octanol–water partition coefficient (Wildman–Crippen LogP) is 3.51. The van der Waals surface area contributed by atoms with Crippen LogP contribution in [-0.2, 0) is 12.4 Å². The Balaban J connectivity index is 1.29. The van der Waals surface area contributed by atoms with Crippen molar-refractivity contribution < 1.29 is 13.6 Å². The summed E-state index contributed by atoms with van der Waals surface area (Å²) in [6.45, 7) is 2.25. The number of hydrogen-bond donors (Lipinski definition) is 0. The minimum absolute atomic E-state index is 0.239. The Morgan fingerprint density at radius 2 is 2.00 bits per heavy atom. The molecule has 2 heterocycles. The Kier molecular flexibility index (Phi) is 4.20. The predicted molar refractivity (Wildman–Crippen MR) is 85.6 cm³/mol. The van der Waals surface area contributed by atoms with Crippen LogP contribution in [0.5, 0.6) is 5.75 Å². The average molecular weight is 344 g/mol. The van der Waals surface area contributed by atoms with E-state index >= 15 is 0 Å². The molecule has 1 saturated carbocycles. The van der Waals surface area contributed by atoms with Crippen molar-refractivity contribution in [2.45, 2.75) is 43.3 Å². The minimum atomic E-state index is 0.239. The van der Waals surface area contributed by atoms with Crippen molar-refractivity contribution in [2.24, 2.45) is 0 Å². The maximum Gasteiger partial charge on any atom is 0.277 e. The van der Waals surface area contributed by atoms with Crippen LogP contribution in [0.1, 0.15) is 42.0 Å². The van der Waals surface area contributed by atoms with Gasteiger partial charge in [0.1, 0.15) is 5.75 Å². The van der Waals surface area contributed by atoms with Gasteiger partial charge in [0.15, 0.2) is 6.61 Å². The van der Waals surface area contributed by atoms with Gasteiger partial charge in [0.2, 0.25) is 11.8 Å². The molecule has 1 aliphatic carbocycles. The van der Waals surface area contributed by atoms with Crippen LogP contribution >= 0.6 is 11.8 Å². The second-order valence-corrected chi connectivity index (χ2v) is 6.59. The van der Waals surface area contributed by atoms with E-state index in [1.165, 1.54) is 11.8 Å². The number of aryl methyl sites for hydroxylation is 1. The lowest BCUT2D eigenvalue weighted by atomic mass is 10.2. The summed E-state index contributed by atoms with van der Waals surface area (Å²) in [5.74, 6) is 3.51. The molecule has 8 heteroatoms. The van der Waals surface area contributed by atoms with Gasteiger partial charge in [-0.25, -0.2) is 0 Å². The molecule has 1 aromatic carbocycles. The van der Waals surface area contributed by atoms with Gasteiger partial charge in [-0.15, -0.1) is 20.4 Å². The molecule has 124 valence electrons. The van der Waals surface area contributed by atoms with Crippen molar-refractivity contribution in [1.29, 1.82) is 0 Å². The van der Waals surface area contributed by atoms with Crippen LogP contribution in [0.4, 0.5) is 0 Å². The lowest BCUT2D eigenvalue weighted by Gasteiger charge is -2.03. The number of hydrogen-bond acceptors (Lipinski definition) is 8. The largest absolute Gasteiger partial charge is 0.484 e. The molecule has 0 N–H and O–H groups in total. The topological polar surface area (TPSA) is 87.1 Å². The number of aromatic nitrogens is 4. The Morgan fingerprint density at radius 1 is 1.12 bits per heavy atom. The molecule has 3 aromatic rings. The van der Waals surface area contributed by atoms with Crippen LogP contribution in [0, 0.1) is 6.92 Å². The summed E-state index contributed by atoms with van der Waals surface area (Å²) in [5, 5.41) is 16.5. The van der Waals surface area contributed by atoms with E-state index in [1.807, 2.05) is 31.2 Å². The number of benzene rings is 1.